The summed E-state index contributed by atoms with van der Waals surface area (Å²) in [6, 6.07) is 0. The topological polar surface area (TPSA) is 75.4 Å². The van der Waals surface area contributed by atoms with Crippen LogP contribution in [0.4, 0.5) is 0 Å². The molecule has 0 aromatic carbocycles. The lowest BCUT2D eigenvalue weighted by molar-refractivity contribution is -0.152. The third-order valence-corrected chi connectivity index (χ3v) is 4.47. The van der Waals surface area contributed by atoms with E-state index in [9.17, 15) is 14.7 Å². The second-order valence-electron chi connectivity index (χ2n) is 5.79. The van der Waals surface area contributed by atoms with E-state index in [1.807, 2.05) is 13.8 Å². The maximum atomic E-state index is 12.7. The molecule has 1 N–H and O–H groups in total. The number of aryl methyl sites for hydroxylation is 2. The van der Waals surface area contributed by atoms with Gasteiger partial charge in [-0.25, -0.2) is 0 Å². The van der Waals surface area contributed by atoms with Gasteiger partial charge < -0.3 is 10.0 Å². The molecule has 2 rings (SSSR count). The lowest BCUT2D eigenvalue weighted by Gasteiger charge is -2.39. The molecule has 1 aromatic rings. The van der Waals surface area contributed by atoms with Crippen molar-refractivity contribution >= 4 is 11.9 Å². The Morgan fingerprint density at radius 2 is 2.14 bits per heavy atom. The zero-order valence-electron chi connectivity index (χ0n) is 12.9. The molecule has 21 heavy (non-hydrogen) atoms. The van der Waals surface area contributed by atoms with Gasteiger partial charge in [0.15, 0.2) is 0 Å². The zero-order valence-corrected chi connectivity index (χ0v) is 12.9. The number of carbonyl (C=O) groups excluding carboxylic acids is 1. The molecule has 6 nitrogen and oxygen atoms in total. The number of hydrogen-bond acceptors (Lipinski definition) is 3. The molecule has 1 aromatic heterocycles. The minimum absolute atomic E-state index is 0.0984. The number of aromatic nitrogens is 2. The Morgan fingerprint density at radius 1 is 1.43 bits per heavy atom. The Morgan fingerprint density at radius 3 is 2.71 bits per heavy atom. The Bertz CT molecular complexity index is 552. The fourth-order valence-corrected chi connectivity index (χ4v) is 3.06. The highest BCUT2D eigenvalue weighted by atomic mass is 16.4. The van der Waals surface area contributed by atoms with Gasteiger partial charge in [-0.15, -0.1) is 0 Å². The first kappa shape index (κ1) is 15.5. The molecule has 1 saturated heterocycles. The van der Waals surface area contributed by atoms with Gasteiger partial charge in [-0.05, 0) is 25.7 Å². The molecular formula is C15H23N3O3. The van der Waals surface area contributed by atoms with E-state index in [4.69, 9.17) is 0 Å². The predicted molar refractivity (Wildman–Crippen MR) is 78.1 cm³/mol. The summed E-state index contributed by atoms with van der Waals surface area (Å²) in [5, 5.41) is 13.8. The van der Waals surface area contributed by atoms with Crippen molar-refractivity contribution in [2.45, 2.75) is 39.5 Å². The van der Waals surface area contributed by atoms with Crippen LogP contribution in [0.3, 0.4) is 0 Å². The number of amides is 1. The van der Waals surface area contributed by atoms with E-state index < -0.39 is 11.4 Å². The van der Waals surface area contributed by atoms with E-state index in [1.54, 1.807) is 22.8 Å². The van der Waals surface area contributed by atoms with E-state index in [1.165, 1.54) is 0 Å². The van der Waals surface area contributed by atoms with Crippen molar-refractivity contribution in [3.63, 3.8) is 0 Å². The van der Waals surface area contributed by atoms with Gasteiger partial charge in [0.05, 0.1) is 16.7 Å². The van der Waals surface area contributed by atoms with E-state index in [2.05, 4.69) is 5.10 Å². The molecule has 0 bridgehead atoms. The Hall–Kier alpha value is -1.85. The minimum Gasteiger partial charge on any atom is -0.481 e. The number of likely N-dealkylation sites (tertiary alicyclic amines) is 1. The largest absolute Gasteiger partial charge is 0.481 e. The number of piperidine rings is 1. The number of carboxylic acids is 1. The quantitative estimate of drug-likeness (QED) is 0.916. The molecule has 1 aliphatic heterocycles. The van der Waals surface area contributed by atoms with Crippen LogP contribution in [0.25, 0.3) is 0 Å². The smallest absolute Gasteiger partial charge is 0.311 e. The molecule has 1 unspecified atom stereocenters. The van der Waals surface area contributed by atoms with Crippen molar-refractivity contribution < 1.29 is 14.7 Å². The number of carbonyl (C=O) groups is 2. The minimum atomic E-state index is -0.803. The molecule has 1 fully saturated rings. The van der Waals surface area contributed by atoms with Crippen LogP contribution in [0.15, 0.2) is 6.20 Å². The summed E-state index contributed by atoms with van der Waals surface area (Å²) in [4.78, 5) is 26.0. The third-order valence-electron chi connectivity index (χ3n) is 4.47. The van der Waals surface area contributed by atoms with Gasteiger partial charge in [0.2, 0.25) is 0 Å². The molecule has 0 saturated carbocycles. The first-order valence-corrected chi connectivity index (χ1v) is 7.48. The SMILES string of the molecule is CCc1nn(C)cc1C(=O)N1CCCC(CC)(C(=O)O)C1. The van der Waals surface area contributed by atoms with Gasteiger partial charge in [-0.3, -0.25) is 14.3 Å². The Labute approximate surface area is 124 Å². The number of nitrogens with zero attached hydrogens (tertiary/aromatic N) is 3. The van der Waals surface area contributed by atoms with Crippen molar-refractivity contribution in [2.24, 2.45) is 12.5 Å². The summed E-state index contributed by atoms with van der Waals surface area (Å²) in [7, 11) is 1.79. The van der Waals surface area contributed by atoms with E-state index in [0.29, 0.717) is 31.4 Å². The number of aliphatic carboxylic acids is 1. The molecule has 1 atom stereocenters. The van der Waals surface area contributed by atoms with Gasteiger partial charge >= 0.3 is 5.97 Å². The zero-order chi connectivity index (χ0) is 15.6. The van der Waals surface area contributed by atoms with Crippen molar-refractivity contribution in [2.75, 3.05) is 13.1 Å². The van der Waals surface area contributed by atoms with Crippen LogP contribution in [-0.4, -0.2) is 44.8 Å². The van der Waals surface area contributed by atoms with Gasteiger partial charge in [0.1, 0.15) is 0 Å². The number of hydrogen-bond donors (Lipinski definition) is 1. The number of carboxylic acid groups (broad SMARTS) is 1. The molecular weight excluding hydrogens is 270 g/mol. The molecule has 1 amide bonds. The highest BCUT2D eigenvalue weighted by Crippen LogP contribution is 2.34. The molecule has 0 spiro atoms. The summed E-state index contributed by atoms with van der Waals surface area (Å²) in [5.41, 5.74) is 0.561. The van der Waals surface area contributed by atoms with Crippen LogP contribution in [0, 0.1) is 5.41 Å². The molecule has 116 valence electrons. The van der Waals surface area contributed by atoms with Crippen LogP contribution >= 0.6 is 0 Å². The maximum Gasteiger partial charge on any atom is 0.311 e. The lowest BCUT2D eigenvalue weighted by atomic mass is 9.77. The summed E-state index contributed by atoms with van der Waals surface area (Å²) >= 11 is 0. The normalized spacial score (nSPS) is 22.3. The first-order chi connectivity index (χ1) is 9.93. The van der Waals surface area contributed by atoms with Crippen LogP contribution < -0.4 is 0 Å². The van der Waals surface area contributed by atoms with E-state index in [-0.39, 0.29) is 12.5 Å². The lowest BCUT2D eigenvalue weighted by Crippen LogP contribution is -2.49. The summed E-state index contributed by atoms with van der Waals surface area (Å²) in [6.07, 6.45) is 4.32. The first-order valence-electron chi connectivity index (χ1n) is 7.48. The molecule has 6 heteroatoms. The Balaban J connectivity index is 2.25. The fourth-order valence-electron chi connectivity index (χ4n) is 3.06. The standard InChI is InChI=1S/C15H23N3O3/c1-4-12-11(9-17(3)16-12)13(19)18-8-6-7-15(5-2,10-18)14(20)21/h9H,4-8,10H2,1-3H3,(H,20,21). The molecule has 0 radical (unpaired) electrons. The van der Waals surface area contributed by atoms with Crippen molar-refractivity contribution in [3.05, 3.63) is 17.5 Å². The van der Waals surface area contributed by atoms with Crippen LogP contribution in [0.5, 0.6) is 0 Å². The van der Waals surface area contributed by atoms with E-state index >= 15 is 0 Å². The number of rotatable bonds is 4. The van der Waals surface area contributed by atoms with Crippen LogP contribution in [0.1, 0.15) is 49.2 Å². The maximum absolute atomic E-state index is 12.7. The van der Waals surface area contributed by atoms with Crippen molar-refractivity contribution in [1.29, 1.82) is 0 Å². The average Bonchev–Trinajstić information content (AvgIpc) is 2.87. The van der Waals surface area contributed by atoms with Crippen molar-refractivity contribution in [3.8, 4) is 0 Å². The highest BCUT2D eigenvalue weighted by molar-refractivity contribution is 5.95. The van der Waals surface area contributed by atoms with Gasteiger partial charge in [-0.2, -0.15) is 5.10 Å². The second-order valence-corrected chi connectivity index (χ2v) is 5.79. The Kier molecular flexibility index (Phi) is 4.34. The van der Waals surface area contributed by atoms with E-state index in [0.717, 1.165) is 12.1 Å². The van der Waals surface area contributed by atoms with Crippen LogP contribution in [-0.2, 0) is 18.3 Å². The van der Waals surface area contributed by atoms with Gasteiger partial charge in [0.25, 0.3) is 5.91 Å². The molecule has 1 aliphatic rings. The van der Waals surface area contributed by atoms with Crippen LogP contribution in [0.2, 0.25) is 0 Å². The fraction of sp³-hybridized carbons (Fsp3) is 0.667. The second kappa shape index (κ2) is 5.87. The monoisotopic (exact) mass is 293 g/mol. The predicted octanol–water partition coefficient (Wildman–Crippen LogP) is 1.70. The van der Waals surface area contributed by atoms with Crippen molar-refractivity contribution in [1.82, 2.24) is 14.7 Å². The summed E-state index contributed by atoms with van der Waals surface area (Å²) in [6.45, 7) is 4.74. The highest BCUT2D eigenvalue weighted by Gasteiger charge is 2.42. The molecule has 2 heterocycles. The molecule has 0 aliphatic carbocycles. The van der Waals surface area contributed by atoms with Gasteiger partial charge in [-0.1, -0.05) is 13.8 Å². The third kappa shape index (κ3) is 2.80. The summed E-state index contributed by atoms with van der Waals surface area (Å²) in [5.74, 6) is -0.900. The van der Waals surface area contributed by atoms with Gasteiger partial charge in [0, 0.05) is 26.3 Å². The summed E-state index contributed by atoms with van der Waals surface area (Å²) < 4.78 is 1.64. The average molecular weight is 293 g/mol.